The van der Waals surface area contributed by atoms with Crippen LogP contribution >= 0.6 is 0 Å². The fraction of sp³-hybridized carbons (Fsp3) is 0.500. The maximum absolute atomic E-state index is 10.1. The number of fused-ring (bicyclic) bond motifs is 3. The molecule has 0 amide bonds. The van der Waals surface area contributed by atoms with Crippen molar-refractivity contribution in [3.63, 3.8) is 0 Å². The van der Waals surface area contributed by atoms with Gasteiger partial charge in [-0.05, 0) is 200 Å². The zero-order valence-electron chi connectivity index (χ0n) is 78.1. The normalized spacial score (nSPS) is 13.9. The van der Waals surface area contributed by atoms with E-state index in [9.17, 15) is 19.2 Å². The smallest absolute Gasteiger partial charge is 0.572 e. The summed E-state index contributed by atoms with van der Waals surface area (Å²) in [6.07, 6.45) is 26.7. The average molecular weight is 2670 g/mol. The van der Waals surface area contributed by atoms with E-state index in [1.54, 1.807) is 108 Å². The molecule has 3 aliphatic rings. The SMILES string of the molecule is CC(=O)CC(C)O.CC(=O)CC(C)O.CC(=O)CC(C)O.CC(=O)CC(C)O.CC(C)(C)c1cc(-c2ncccn2)[n-]n1.CC1(C)CCCc2c1n[n-]c2-c1ncccn1.Cc1c(C(C)(C)C)n[n-]c1-c1ncccn1.Cc1cc(-c2ncccn2)[n-]n1.Cc1ccnc(-c2[n-]nc3c2CCCC3(C)C)n1.Cc1ccnc(-c2[n-]nc3c2CCCC3(C)C)n1.[Pt+2].[Pt].[Pt].[Pt].[Pt]. The van der Waals surface area contributed by atoms with Gasteiger partial charge in [-0.15, -0.1) is 0 Å². The standard InChI is InChI=1S/2C14H17N4.C13H15N4.C12H15N4.C11H13N4.C8H7N4.4C5H10O2.5Pt/c2*1-9-6-8-15-13(16-9)11-10-5-4-7-14(2,3)12(10)18-17-11;1-13(2)6-3-5-9-10(16-17-11(9)13)12-14-7-4-8-15-12;1-8-9(11-13-6-5-7-14-11)15-16-10(8)12(2,3)4;1-11(2,3)9-7-8(14-15-9)10-12-5-4-6-13-10;1-6-5-7(12-11-6)8-9-3-2-4-10-8;4*1-4(6)3-5(2)7;;;;;/h2*6,8H,4-5,7H2,1-3H3;4,7-8H,3,5-6H2,1-2H3;5-7H,1-4H3;4-7H,1-3H3;2-5H,1H3;4*4,6H,3H2,1-2H3;;;;;/q6*-1;;;;;;;;;+2. The number of nitrogens with zero attached hydrogens (tertiary/aromatic N) is 24. The van der Waals surface area contributed by atoms with Crippen LogP contribution < -0.4 is 30.6 Å². The summed E-state index contributed by atoms with van der Waals surface area (Å²) in [5.41, 5.74) is 18.3. The van der Waals surface area contributed by atoms with Crippen molar-refractivity contribution in [2.75, 3.05) is 0 Å². The second-order valence-corrected chi connectivity index (χ2v) is 35.2. The van der Waals surface area contributed by atoms with Gasteiger partial charge in [-0.1, -0.05) is 129 Å². The van der Waals surface area contributed by atoms with E-state index < -0.39 is 24.4 Å². The molecule has 0 saturated carbocycles. The molecule has 0 spiro atoms. The summed E-state index contributed by atoms with van der Waals surface area (Å²) in [7, 11) is 0. The van der Waals surface area contributed by atoms with Gasteiger partial charge in [0.1, 0.15) is 58.1 Å². The summed E-state index contributed by atoms with van der Waals surface area (Å²) in [5, 5.41) is 84.5. The molecular weight excluding hydrogens is 2540 g/mol. The first-order valence-electron chi connectivity index (χ1n) is 41.7. The van der Waals surface area contributed by atoms with Crippen molar-refractivity contribution in [3.8, 4) is 69.1 Å². The van der Waals surface area contributed by atoms with Gasteiger partial charge >= 0.3 is 21.1 Å². The third-order valence-electron chi connectivity index (χ3n) is 19.2. The van der Waals surface area contributed by atoms with Crippen LogP contribution in [0.1, 0.15) is 270 Å². The Morgan fingerprint density at radius 3 is 0.899 bits per heavy atom. The van der Waals surface area contributed by atoms with Gasteiger partial charge in [0.2, 0.25) is 0 Å². The van der Waals surface area contributed by atoms with Gasteiger partial charge < -0.3 is 81.6 Å². The first-order chi connectivity index (χ1) is 58.3. The van der Waals surface area contributed by atoms with Crippen LogP contribution in [0.5, 0.6) is 0 Å². The van der Waals surface area contributed by atoms with E-state index in [4.69, 9.17) is 20.4 Å². The van der Waals surface area contributed by atoms with Gasteiger partial charge in [0, 0.05) is 245 Å². The molecule has 32 nitrogen and oxygen atoms in total. The molecule has 714 valence electrons. The monoisotopic (exact) mass is 2670 g/mol. The number of carbonyl (C=O) groups excluding carboxylic acids is 4. The van der Waals surface area contributed by atoms with Crippen LogP contribution in [0, 0.1) is 27.7 Å². The van der Waals surface area contributed by atoms with Crippen molar-refractivity contribution in [2.45, 2.75) is 301 Å². The number of aliphatic hydroxyl groups excluding tert-OH is 4. The van der Waals surface area contributed by atoms with Crippen molar-refractivity contribution in [1.29, 1.82) is 0 Å². The molecule has 37 heteroatoms. The van der Waals surface area contributed by atoms with Crippen LogP contribution in [-0.2, 0) is 171 Å². The topological polar surface area (TPSA) is 466 Å². The molecule has 0 bridgehead atoms. The van der Waals surface area contributed by atoms with Crippen LogP contribution in [0.15, 0.2) is 110 Å². The Balaban J connectivity index is 0.000000728. The van der Waals surface area contributed by atoms with Crippen molar-refractivity contribution in [1.82, 2.24) is 121 Å². The summed E-state index contributed by atoms with van der Waals surface area (Å²) in [6.45, 7) is 46.2. The summed E-state index contributed by atoms with van der Waals surface area (Å²) in [6, 6.07) is 14.8. The number of rotatable bonds is 14. The average Bonchev–Trinajstić information content (AvgIpc) is 1.64. The van der Waals surface area contributed by atoms with Crippen molar-refractivity contribution < 1.29 is 145 Å². The van der Waals surface area contributed by atoms with Crippen molar-refractivity contribution >= 4 is 23.1 Å². The van der Waals surface area contributed by atoms with Gasteiger partial charge in [-0.25, -0.2) is 59.8 Å². The molecule has 4 unspecified atom stereocenters. The number of hydrogen-bond donors (Lipinski definition) is 4. The summed E-state index contributed by atoms with van der Waals surface area (Å²) in [5.74, 6) is 4.15. The van der Waals surface area contributed by atoms with E-state index in [-0.39, 0.29) is 181 Å². The fourth-order valence-electron chi connectivity index (χ4n) is 13.4. The predicted octanol–water partition coefficient (Wildman–Crippen LogP) is 13.0. The van der Waals surface area contributed by atoms with Crippen LogP contribution in [0.3, 0.4) is 0 Å². The van der Waals surface area contributed by atoms with Crippen LogP contribution in [0.25, 0.3) is 69.1 Å². The second-order valence-electron chi connectivity index (χ2n) is 35.2. The Labute approximate surface area is 830 Å². The van der Waals surface area contributed by atoms with Crippen molar-refractivity contribution in [2.24, 2.45) is 0 Å². The largest absolute Gasteiger partial charge is 2.00 e. The molecule has 12 heterocycles. The van der Waals surface area contributed by atoms with E-state index in [0.717, 1.165) is 105 Å². The number of carbonyl (C=O) groups is 4. The molecule has 129 heavy (non-hydrogen) atoms. The number of hydrogen-bond acceptors (Lipinski definition) is 26. The maximum atomic E-state index is 10.1. The van der Waals surface area contributed by atoms with Crippen LogP contribution in [0.4, 0.5) is 0 Å². The number of ketones is 4. The molecule has 12 aromatic rings. The third kappa shape index (κ3) is 39.6. The van der Waals surface area contributed by atoms with E-state index in [0.29, 0.717) is 34.9 Å². The quantitative estimate of drug-likeness (QED) is 0.0785. The number of aryl methyl sites for hydroxylation is 3. The third-order valence-corrected chi connectivity index (χ3v) is 19.2. The molecule has 0 aliphatic heterocycles. The molecule has 12 aromatic heterocycles. The van der Waals surface area contributed by atoms with Crippen LogP contribution in [0.2, 0.25) is 0 Å². The molecule has 15 rings (SSSR count). The Morgan fingerprint density at radius 1 is 0.364 bits per heavy atom. The summed E-state index contributed by atoms with van der Waals surface area (Å²) >= 11 is 0. The minimum absolute atomic E-state index is 0. The molecule has 0 saturated heterocycles. The number of aromatic nitrogens is 24. The Morgan fingerprint density at radius 2 is 0.643 bits per heavy atom. The van der Waals surface area contributed by atoms with Gasteiger partial charge in [0.15, 0.2) is 0 Å². The van der Waals surface area contributed by atoms with E-state index >= 15 is 0 Å². The first kappa shape index (κ1) is 119. The second kappa shape index (κ2) is 56.5. The van der Waals surface area contributed by atoms with E-state index in [2.05, 4.69) is 204 Å². The summed E-state index contributed by atoms with van der Waals surface area (Å²) in [4.78, 5) is 91.2. The molecular formula is C92H124N24O8Pt5-4. The predicted molar refractivity (Wildman–Crippen MR) is 474 cm³/mol. The van der Waals surface area contributed by atoms with E-state index in [1.165, 1.54) is 82.9 Å². The fourth-order valence-corrected chi connectivity index (χ4v) is 13.4. The Bertz CT molecular complexity index is 5090. The zero-order valence-corrected chi connectivity index (χ0v) is 89.5. The zero-order chi connectivity index (χ0) is 91.9. The number of Topliss-reactive ketones (excluding diaryl/α,β-unsaturated/α-hetero) is 4. The van der Waals surface area contributed by atoms with Gasteiger partial charge in [-0.3, -0.25) is 19.2 Å². The molecule has 0 fully saturated rings. The minimum Gasteiger partial charge on any atom is -0.572 e. The Hall–Kier alpha value is -8.30. The van der Waals surface area contributed by atoms with Gasteiger partial charge in [-0.2, -0.15) is 0 Å². The van der Waals surface area contributed by atoms with Gasteiger partial charge in [0.25, 0.3) is 0 Å². The van der Waals surface area contributed by atoms with Crippen LogP contribution in [-0.4, -0.2) is 158 Å². The van der Waals surface area contributed by atoms with E-state index in [1.807, 2.05) is 58.0 Å². The molecule has 4 N–H and O–H groups in total. The number of aliphatic hydroxyl groups is 4. The Kier molecular flexibility index (Phi) is 52.0. The first-order valence-corrected chi connectivity index (χ1v) is 41.7. The molecule has 3 aliphatic carbocycles. The minimum atomic E-state index is -0.475. The summed E-state index contributed by atoms with van der Waals surface area (Å²) < 4.78 is 0. The maximum Gasteiger partial charge on any atom is 2.00 e. The molecule has 0 radical (unpaired) electrons. The van der Waals surface area contributed by atoms with Crippen molar-refractivity contribution in [3.05, 3.63) is 178 Å². The molecule has 4 atom stereocenters. The molecule has 0 aromatic carbocycles. The van der Waals surface area contributed by atoms with Gasteiger partial charge in [0.05, 0.1) is 24.4 Å².